The van der Waals surface area contributed by atoms with Gasteiger partial charge in [-0.05, 0) is 23.9 Å². The van der Waals surface area contributed by atoms with E-state index in [2.05, 4.69) is 15.3 Å². The first-order valence-electron chi connectivity index (χ1n) is 7.64. The van der Waals surface area contributed by atoms with Gasteiger partial charge < -0.3 is 5.32 Å². The van der Waals surface area contributed by atoms with Crippen molar-refractivity contribution in [3.8, 4) is 0 Å². The van der Waals surface area contributed by atoms with E-state index in [-0.39, 0.29) is 17.5 Å². The zero-order valence-electron chi connectivity index (χ0n) is 13.3. The fourth-order valence-electron chi connectivity index (χ4n) is 2.79. The number of carbonyl (C=O) groups excluding carboxylic acids is 1. The van der Waals surface area contributed by atoms with Gasteiger partial charge in [0.1, 0.15) is 0 Å². The molecule has 6 nitrogen and oxygen atoms in total. The molecule has 3 heterocycles. The number of amides is 1. The molecule has 0 aromatic carbocycles. The molecule has 2 aromatic rings. The highest BCUT2D eigenvalue weighted by molar-refractivity contribution is 7.10. The molecule has 0 fully saturated rings. The zero-order valence-corrected chi connectivity index (χ0v) is 14.1. The third-order valence-electron chi connectivity index (χ3n) is 4.03. The summed E-state index contributed by atoms with van der Waals surface area (Å²) in [6, 6.07) is 5.65. The molecule has 1 aliphatic rings. The Labute approximate surface area is 138 Å². The predicted octanol–water partition coefficient (Wildman–Crippen LogP) is 1.08. The normalized spacial score (nSPS) is 15.9. The second kappa shape index (κ2) is 6.64. The minimum absolute atomic E-state index is 0.00569. The summed E-state index contributed by atoms with van der Waals surface area (Å²) in [5.74, 6) is 0.00569. The van der Waals surface area contributed by atoms with E-state index >= 15 is 0 Å². The van der Waals surface area contributed by atoms with Gasteiger partial charge >= 0.3 is 0 Å². The maximum atomic E-state index is 12.2. The van der Waals surface area contributed by atoms with Gasteiger partial charge in [0.15, 0.2) is 0 Å². The molecule has 23 heavy (non-hydrogen) atoms. The van der Waals surface area contributed by atoms with E-state index in [9.17, 15) is 9.59 Å². The summed E-state index contributed by atoms with van der Waals surface area (Å²) in [6.45, 7) is 3.70. The average Bonchev–Trinajstić information content (AvgIpc) is 3.03. The van der Waals surface area contributed by atoms with E-state index in [1.807, 2.05) is 24.4 Å². The number of rotatable bonds is 4. The number of nitrogens with zero attached hydrogens (tertiary/aromatic N) is 3. The van der Waals surface area contributed by atoms with Crippen LogP contribution >= 0.6 is 11.3 Å². The van der Waals surface area contributed by atoms with Gasteiger partial charge in [0.2, 0.25) is 5.91 Å². The second-order valence-electron chi connectivity index (χ2n) is 5.84. The third kappa shape index (κ3) is 3.68. The van der Waals surface area contributed by atoms with Crippen LogP contribution in [-0.4, -0.2) is 33.7 Å². The minimum Gasteiger partial charge on any atom is -0.348 e. The average molecular weight is 332 g/mol. The second-order valence-corrected chi connectivity index (χ2v) is 6.82. The number of hydrogen-bond acceptors (Lipinski definition) is 5. The number of carbonyl (C=O) groups is 1. The van der Waals surface area contributed by atoms with Gasteiger partial charge in [0, 0.05) is 37.5 Å². The maximum Gasteiger partial charge on any atom is 0.266 e. The van der Waals surface area contributed by atoms with Crippen LogP contribution in [0.1, 0.15) is 29.1 Å². The van der Waals surface area contributed by atoms with E-state index < -0.39 is 0 Å². The Morgan fingerprint density at radius 1 is 1.52 bits per heavy atom. The molecule has 0 radical (unpaired) electrons. The fraction of sp³-hybridized carbons (Fsp3) is 0.438. The Hall–Kier alpha value is -1.99. The zero-order chi connectivity index (χ0) is 16.4. The molecule has 0 bridgehead atoms. The summed E-state index contributed by atoms with van der Waals surface area (Å²) >= 11 is 1.64. The number of thiophene rings is 1. The van der Waals surface area contributed by atoms with Gasteiger partial charge in [-0.25, -0.2) is 4.68 Å². The first kappa shape index (κ1) is 15.9. The molecular formula is C16H20N4O2S. The van der Waals surface area contributed by atoms with Crippen molar-refractivity contribution >= 4 is 17.2 Å². The lowest BCUT2D eigenvalue weighted by molar-refractivity contribution is -0.123. The summed E-state index contributed by atoms with van der Waals surface area (Å²) in [6.07, 6.45) is 0.761. The van der Waals surface area contributed by atoms with Gasteiger partial charge in [0.25, 0.3) is 5.56 Å². The lowest BCUT2D eigenvalue weighted by Crippen LogP contribution is -2.41. The van der Waals surface area contributed by atoms with Crippen molar-refractivity contribution in [2.45, 2.75) is 25.9 Å². The van der Waals surface area contributed by atoms with E-state index in [0.717, 1.165) is 29.1 Å². The lowest BCUT2D eigenvalue weighted by atomic mass is 10.1. The van der Waals surface area contributed by atoms with Crippen LogP contribution in [0.15, 0.2) is 28.4 Å². The van der Waals surface area contributed by atoms with Crippen molar-refractivity contribution in [1.29, 1.82) is 0 Å². The molecule has 122 valence electrons. The molecular weight excluding hydrogens is 312 g/mol. The highest BCUT2D eigenvalue weighted by atomic mass is 32.1. The quantitative estimate of drug-likeness (QED) is 0.910. The van der Waals surface area contributed by atoms with E-state index in [0.29, 0.717) is 13.1 Å². The summed E-state index contributed by atoms with van der Waals surface area (Å²) in [5.41, 5.74) is 1.77. The third-order valence-corrected chi connectivity index (χ3v) is 5.09. The Balaban J connectivity index is 1.60. The van der Waals surface area contributed by atoms with Crippen molar-refractivity contribution in [2.24, 2.45) is 7.05 Å². The maximum absolute atomic E-state index is 12.2. The van der Waals surface area contributed by atoms with Crippen LogP contribution in [0.2, 0.25) is 0 Å². The van der Waals surface area contributed by atoms with Crippen molar-refractivity contribution in [1.82, 2.24) is 20.0 Å². The topological polar surface area (TPSA) is 67.2 Å². The summed E-state index contributed by atoms with van der Waals surface area (Å²) < 4.78 is 1.36. The number of hydrogen-bond donors (Lipinski definition) is 1. The predicted molar refractivity (Wildman–Crippen MR) is 89.3 cm³/mol. The van der Waals surface area contributed by atoms with Gasteiger partial charge in [0.05, 0.1) is 18.3 Å². The van der Waals surface area contributed by atoms with E-state index in [1.54, 1.807) is 24.5 Å². The van der Waals surface area contributed by atoms with Gasteiger partial charge in [-0.1, -0.05) is 6.07 Å². The molecule has 0 saturated carbocycles. The van der Waals surface area contributed by atoms with Crippen LogP contribution in [0, 0.1) is 0 Å². The molecule has 1 unspecified atom stereocenters. The van der Waals surface area contributed by atoms with Crippen molar-refractivity contribution in [3.63, 3.8) is 0 Å². The Morgan fingerprint density at radius 2 is 2.35 bits per heavy atom. The lowest BCUT2D eigenvalue weighted by Gasteiger charge is -2.27. The molecule has 0 spiro atoms. The number of nitrogens with one attached hydrogen (secondary N) is 1. The molecule has 1 aliphatic heterocycles. The van der Waals surface area contributed by atoms with Crippen LogP contribution in [0.25, 0.3) is 0 Å². The number of aryl methyl sites for hydroxylation is 1. The van der Waals surface area contributed by atoms with Crippen molar-refractivity contribution in [2.75, 3.05) is 13.1 Å². The molecule has 2 aromatic heterocycles. The van der Waals surface area contributed by atoms with Crippen LogP contribution < -0.4 is 10.9 Å². The van der Waals surface area contributed by atoms with Crippen LogP contribution in [0.3, 0.4) is 0 Å². The number of aromatic nitrogens is 2. The Bertz CT molecular complexity index is 754. The Morgan fingerprint density at radius 3 is 3.09 bits per heavy atom. The highest BCUT2D eigenvalue weighted by Crippen LogP contribution is 2.18. The summed E-state index contributed by atoms with van der Waals surface area (Å²) in [7, 11) is 1.66. The molecule has 7 heteroatoms. The Kier molecular flexibility index (Phi) is 4.58. The molecule has 3 rings (SSSR count). The SMILES string of the molecule is CC(NC(=O)CN1CCc2nn(C)c(=O)cc2C1)c1cccs1. The monoisotopic (exact) mass is 332 g/mol. The van der Waals surface area contributed by atoms with Gasteiger partial charge in [-0.15, -0.1) is 11.3 Å². The standard InChI is InChI=1S/C16H20N4O2S/c1-11(14-4-3-7-23-14)17-15(21)10-20-6-5-13-12(9-20)8-16(22)19(2)18-13/h3-4,7-8,11H,5-6,9-10H2,1-2H3,(H,17,21). The van der Waals surface area contributed by atoms with Crippen molar-refractivity contribution < 1.29 is 4.79 Å². The molecule has 1 atom stereocenters. The first-order chi connectivity index (χ1) is 11.0. The first-order valence-corrected chi connectivity index (χ1v) is 8.52. The fourth-order valence-corrected chi connectivity index (χ4v) is 3.52. The number of fused-ring (bicyclic) bond motifs is 1. The van der Waals surface area contributed by atoms with Crippen LogP contribution in [-0.2, 0) is 24.8 Å². The van der Waals surface area contributed by atoms with Crippen molar-refractivity contribution in [3.05, 3.63) is 50.1 Å². The van der Waals surface area contributed by atoms with E-state index in [1.165, 1.54) is 4.68 Å². The smallest absolute Gasteiger partial charge is 0.266 e. The molecule has 1 N–H and O–H groups in total. The van der Waals surface area contributed by atoms with Crippen LogP contribution in [0.5, 0.6) is 0 Å². The molecule has 1 amide bonds. The largest absolute Gasteiger partial charge is 0.348 e. The highest BCUT2D eigenvalue weighted by Gasteiger charge is 2.21. The minimum atomic E-state index is -0.110. The molecule has 0 saturated heterocycles. The van der Waals surface area contributed by atoms with Gasteiger partial charge in [-0.3, -0.25) is 14.5 Å². The van der Waals surface area contributed by atoms with Gasteiger partial charge in [-0.2, -0.15) is 5.10 Å². The van der Waals surface area contributed by atoms with Crippen LogP contribution in [0.4, 0.5) is 0 Å². The molecule has 0 aliphatic carbocycles. The summed E-state index contributed by atoms with van der Waals surface area (Å²) in [4.78, 5) is 27.1. The van der Waals surface area contributed by atoms with E-state index in [4.69, 9.17) is 0 Å². The summed E-state index contributed by atoms with van der Waals surface area (Å²) in [5, 5.41) is 9.32.